The number of hydrogen-bond donors (Lipinski definition) is 2. The van der Waals surface area contributed by atoms with E-state index in [1.807, 2.05) is 25.2 Å². The third kappa shape index (κ3) is 18.1. The summed E-state index contributed by atoms with van der Waals surface area (Å²) in [5, 5.41) is 18.0. The van der Waals surface area contributed by atoms with Crippen molar-refractivity contribution >= 4 is 5.97 Å². The minimum absolute atomic E-state index is 0.241. The fraction of sp³-hybridized carbons (Fsp3) is 0.450. The second-order valence-electron chi connectivity index (χ2n) is 5.16. The lowest BCUT2D eigenvalue weighted by Crippen LogP contribution is -1.94. The molecular weight excluding hydrogens is 288 g/mol. The molecule has 0 rings (SSSR count). The monoisotopic (exact) mass is 318 g/mol. The molecule has 0 aliphatic rings. The van der Waals surface area contributed by atoms with E-state index in [1.165, 1.54) is 0 Å². The van der Waals surface area contributed by atoms with Gasteiger partial charge in [-0.1, -0.05) is 67.7 Å². The third-order valence-corrected chi connectivity index (χ3v) is 2.98. The second kappa shape index (κ2) is 16.5. The highest BCUT2D eigenvalue weighted by atomic mass is 16.4. The Balaban J connectivity index is 3.58. The Morgan fingerprint density at radius 3 is 1.96 bits per heavy atom. The molecule has 0 aromatic heterocycles. The Morgan fingerprint density at radius 2 is 1.39 bits per heavy atom. The Hall–Kier alpha value is -1.87. The summed E-state index contributed by atoms with van der Waals surface area (Å²) in [6.07, 6.45) is 24.8. The zero-order chi connectivity index (χ0) is 17.2. The fourth-order valence-corrected chi connectivity index (χ4v) is 1.76. The average molecular weight is 318 g/mol. The summed E-state index contributed by atoms with van der Waals surface area (Å²) in [6, 6.07) is 0. The topological polar surface area (TPSA) is 57.5 Å². The molecule has 1 unspecified atom stereocenters. The van der Waals surface area contributed by atoms with E-state index >= 15 is 0 Å². The van der Waals surface area contributed by atoms with Crippen LogP contribution in [-0.2, 0) is 4.79 Å². The van der Waals surface area contributed by atoms with E-state index in [1.54, 1.807) is 12.2 Å². The first-order chi connectivity index (χ1) is 11.2. The largest absolute Gasteiger partial charge is 0.481 e. The summed E-state index contributed by atoms with van der Waals surface area (Å²) < 4.78 is 0. The number of rotatable bonds is 13. The molecule has 3 heteroatoms. The van der Waals surface area contributed by atoms with Gasteiger partial charge in [-0.15, -0.1) is 0 Å². The molecule has 1 atom stereocenters. The van der Waals surface area contributed by atoms with Crippen molar-refractivity contribution in [2.45, 2.75) is 58.0 Å². The molecule has 0 aliphatic heterocycles. The molecule has 0 saturated carbocycles. The normalized spacial score (nSPS) is 14.2. The predicted molar refractivity (Wildman–Crippen MR) is 97.3 cm³/mol. The van der Waals surface area contributed by atoms with Gasteiger partial charge in [-0.25, -0.2) is 0 Å². The van der Waals surface area contributed by atoms with E-state index in [2.05, 4.69) is 30.4 Å². The van der Waals surface area contributed by atoms with Crippen LogP contribution in [0.2, 0.25) is 0 Å². The maximum absolute atomic E-state index is 10.3. The molecule has 128 valence electrons. The molecular formula is C20H30O3. The van der Waals surface area contributed by atoms with Crippen molar-refractivity contribution in [2.75, 3.05) is 0 Å². The van der Waals surface area contributed by atoms with Crippen LogP contribution in [0, 0.1) is 0 Å². The molecule has 0 spiro atoms. The number of allylic oxidation sites excluding steroid dienone is 8. The highest BCUT2D eigenvalue weighted by Gasteiger charge is 1.92. The Morgan fingerprint density at radius 1 is 0.870 bits per heavy atom. The number of carboxylic acid groups (broad SMARTS) is 1. The summed E-state index contributed by atoms with van der Waals surface area (Å²) in [7, 11) is 0. The van der Waals surface area contributed by atoms with Crippen LogP contribution in [0.15, 0.2) is 60.8 Å². The summed E-state index contributed by atoms with van der Waals surface area (Å²) in [4.78, 5) is 10.3. The van der Waals surface area contributed by atoms with Crippen LogP contribution in [-0.4, -0.2) is 22.3 Å². The van der Waals surface area contributed by atoms with Gasteiger partial charge in [0, 0.05) is 6.42 Å². The summed E-state index contributed by atoms with van der Waals surface area (Å²) >= 11 is 0. The maximum atomic E-state index is 10.3. The highest BCUT2D eigenvalue weighted by molar-refractivity contribution is 5.66. The van der Waals surface area contributed by atoms with Gasteiger partial charge in [0.25, 0.3) is 0 Å². The minimum atomic E-state index is -0.730. The van der Waals surface area contributed by atoms with Gasteiger partial charge in [-0.3, -0.25) is 4.79 Å². The van der Waals surface area contributed by atoms with Gasteiger partial charge in [0.15, 0.2) is 0 Å². The van der Waals surface area contributed by atoms with Crippen LogP contribution in [0.4, 0.5) is 0 Å². The summed E-state index contributed by atoms with van der Waals surface area (Å²) in [5.41, 5.74) is 0. The molecule has 0 heterocycles. The van der Waals surface area contributed by atoms with Crippen LogP contribution >= 0.6 is 0 Å². The molecule has 0 amide bonds. The van der Waals surface area contributed by atoms with Crippen molar-refractivity contribution in [2.24, 2.45) is 0 Å². The standard InChI is InChI=1S/C20H30O3/c1-2-3-16-19(21)17-14-12-10-8-6-4-5-7-9-11-13-15-18-20(22)23/h3-5,8-11,14,16-17,19,21H,2,6-7,12-13,15,18H2,1H3,(H,22,23)/b5-4-,10-8-,11-9-,16-3-,17-14-. The van der Waals surface area contributed by atoms with Gasteiger partial charge in [0.2, 0.25) is 0 Å². The van der Waals surface area contributed by atoms with Crippen molar-refractivity contribution in [3.05, 3.63) is 60.8 Å². The number of carbonyl (C=O) groups is 1. The Kier molecular flexibility index (Phi) is 15.2. The van der Waals surface area contributed by atoms with Crippen molar-refractivity contribution < 1.29 is 15.0 Å². The molecule has 23 heavy (non-hydrogen) atoms. The van der Waals surface area contributed by atoms with E-state index in [0.717, 1.165) is 32.1 Å². The smallest absolute Gasteiger partial charge is 0.303 e. The van der Waals surface area contributed by atoms with Crippen LogP contribution in [0.25, 0.3) is 0 Å². The second-order valence-corrected chi connectivity index (χ2v) is 5.16. The lowest BCUT2D eigenvalue weighted by atomic mass is 10.2. The lowest BCUT2D eigenvalue weighted by Gasteiger charge is -1.95. The first kappa shape index (κ1) is 21.1. The molecule has 2 N–H and O–H groups in total. The molecule has 0 aromatic carbocycles. The molecule has 0 radical (unpaired) electrons. The molecule has 0 aliphatic carbocycles. The third-order valence-electron chi connectivity index (χ3n) is 2.98. The van der Waals surface area contributed by atoms with Gasteiger partial charge in [-0.05, 0) is 38.5 Å². The van der Waals surface area contributed by atoms with Crippen molar-refractivity contribution in [3.63, 3.8) is 0 Å². The first-order valence-electron chi connectivity index (χ1n) is 8.35. The van der Waals surface area contributed by atoms with Gasteiger partial charge in [-0.2, -0.15) is 0 Å². The van der Waals surface area contributed by atoms with E-state index in [-0.39, 0.29) is 6.42 Å². The van der Waals surface area contributed by atoms with Crippen LogP contribution < -0.4 is 0 Å². The Bertz CT molecular complexity index is 428. The minimum Gasteiger partial charge on any atom is -0.481 e. The van der Waals surface area contributed by atoms with Crippen LogP contribution in [0.5, 0.6) is 0 Å². The number of carboxylic acids is 1. The van der Waals surface area contributed by atoms with Crippen LogP contribution in [0.1, 0.15) is 51.9 Å². The SMILES string of the molecule is CC/C=C\C(O)/C=C\C/C=C\C/C=C\C/C=C\CCCC(=O)O. The van der Waals surface area contributed by atoms with Crippen molar-refractivity contribution in [1.29, 1.82) is 0 Å². The highest BCUT2D eigenvalue weighted by Crippen LogP contribution is 1.99. The quantitative estimate of drug-likeness (QED) is 0.372. The van der Waals surface area contributed by atoms with Crippen molar-refractivity contribution in [3.8, 4) is 0 Å². The van der Waals surface area contributed by atoms with E-state index < -0.39 is 12.1 Å². The molecule has 0 bridgehead atoms. The van der Waals surface area contributed by atoms with Gasteiger partial charge in [0.1, 0.15) is 0 Å². The fourth-order valence-electron chi connectivity index (χ4n) is 1.76. The van der Waals surface area contributed by atoms with Gasteiger partial charge in [0.05, 0.1) is 6.10 Å². The number of aliphatic carboxylic acids is 1. The maximum Gasteiger partial charge on any atom is 0.303 e. The first-order valence-corrected chi connectivity index (χ1v) is 8.35. The molecule has 0 aromatic rings. The molecule has 0 fully saturated rings. The number of hydrogen-bond acceptors (Lipinski definition) is 2. The van der Waals surface area contributed by atoms with E-state index in [4.69, 9.17) is 5.11 Å². The van der Waals surface area contributed by atoms with Gasteiger partial charge >= 0.3 is 5.97 Å². The average Bonchev–Trinajstić information content (AvgIpc) is 2.52. The summed E-state index contributed by atoms with van der Waals surface area (Å²) in [6.45, 7) is 2.04. The van der Waals surface area contributed by atoms with E-state index in [0.29, 0.717) is 6.42 Å². The predicted octanol–water partition coefficient (Wildman–Crippen LogP) is 4.96. The van der Waals surface area contributed by atoms with E-state index in [9.17, 15) is 9.90 Å². The molecule has 0 saturated heterocycles. The zero-order valence-electron chi connectivity index (χ0n) is 14.1. The van der Waals surface area contributed by atoms with Crippen LogP contribution in [0.3, 0.4) is 0 Å². The lowest BCUT2D eigenvalue weighted by molar-refractivity contribution is -0.137. The van der Waals surface area contributed by atoms with Gasteiger partial charge < -0.3 is 10.2 Å². The van der Waals surface area contributed by atoms with Crippen molar-refractivity contribution in [1.82, 2.24) is 0 Å². The zero-order valence-corrected chi connectivity index (χ0v) is 14.1. The number of unbranched alkanes of at least 4 members (excludes halogenated alkanes) is 1. The Labute approximate surface area is 140 Å². The molecule has 3 nitrogen and oxygen atoms in total. The summed E-state index contributed by atoms with van der Waals surface area (Å²) in [5.74, 6) is -0.730. The number of aliphatic hydroxyl groups is 1. The number of aliphatic hydroxyl groups excluding tert-OH is 1.